The van der Waals surface area contributed by atoms with Crippen LogP contribution in [0.2, 0.25) is 0 Å². The average Bonchev–Trinajstić information content (AvgIpc) is 3.19. The molecule has 0 bridgehead atoms. The number of aliphatic hydroxyl groups excluding tert-OH is 3. The Labute approximate surface area is 146 Å². The highest BCUT2D eigenvalue weighted by Crippen LogP contribution is 2.37. The topological polar surface area (TPSA) is 101 Å². The normalized spacial score (nSPS) is 27.1. The second kappa shape index (κ2) is 6.36. The fraction of sp³-hybridized carbons (Fsp3) is 0.294. The number of nitrogens with zero attached hydrogens (tertiary/aromatic N) is 3. The Kier molecular flexibility index (Phi) is 4.16. The molecule has 9 heteroatoms. The first kappa shape index (κ1) is 17.0. The maximum Gasteiger partial charge on any atom is 0.164 e. The van der Waals surface area contributed by atoms with E-state index in [9.17, 15) is 24.1 Å². The van der Waals surface area contributed by atoms with Gasteiger partial charge >= 0.3 is 0 Å². The van der Waals surface area contributed by atoms with Gasteiger partial charge in [0.1, 0.15) is 36.4 Å². The molecular weight excluding hydrogens is 348 g/mol. The van der Waals surface area contributed by atoms with Crippen LogP contribution in [0.25, 0.3) is 11.0 Å². The number of benzene rings is 1. The Morgan fingerprint density at radius 2 is 1.92 bits per heavy atom. The third-order valence-electron chi connectivity index (χ3n) is 4.52. The molecule has 3 heterocycles. The number of rotatable bonds is 3. The fourth-order valence-electron chi connectivity index (χ4n) is 3.17. The summed E-state index contributed by atoms with van der Waals surface area (Å²) in [6.45, 7) is 0. The van der Waals surface area contributed by atoms with E-state index in [0.29, 0.717) is 11.0 Å². The first-order valence-corrected chi connectivity index (χ1v) is 7.88. The molecule has 0 aliphatic carbocycles. The van der Waals surface area contributed by atoms with Gasteiger partial charge in [-0.3, -0.25) is 0 Å². The molecular formula is C17H15F2N3O4. The predicted molar refractivity (Wildman–Crippen MR) is 84.8 cm³/mol. The van der Waals surface area contributed by atoms with Crippen LogP contribution in [-0.2, 0) is 4.74 Å². The van der Waals surface area contributed by atoms with Crippen molar-refractivity contribution in [1.82, 2.24) is 14.5 Å². The molecule has 0 saturated carbocycles. The van der Waals surface area contributed by atoms with Crippen LogP contribution in [0, 0.1) is 11.6 Å². The van der Waals surface area contributed by atoms with Gasteiger partial charge in [0, 0.05) is 17.8 Å². The summed E-state index contributed by atoms with van der Waals surface area (Å²) in [6.07, 6.45) is -1.97. The van der Waals surface area contributed by atoms with E-state index in [-0.39, 0.29) is 5.56 Å². The van der Waals surface area contributed by atoms with Crippen molar-refractivity contribution in [1.29, 1.82) is 0 Å². The third-order valence-corrected chi connectivity index (χ3v) is 4.52. The number of aromatic nitrogens is 3. The first-order valence-electron chi connectivity index (χ1n) is 7.88. The Bertz CT molecular complexity index is 951. The van der Waals surface area contributed by atoms with E-state index in [0.717, 1.165) is 12.1 Å². The molecule has 1 fully saturated rings. The molecule has 0 amide bonds. The Morgan fingerprint density at radius 3 is 2.69 bits per heavy atom. The minimum absolute atomic E-state index is 0.0282. The van der Waals surface area contributed by atoms with Gasteiger partial charge in [0.2, 0.25) is 0 Å². The fourth-order valence-corrected chi connectivity index (χ4v) is 3.17. The van der Waals surface area contributed by atoms with Gasteiger partial charge in [0.25, 0.3) is 0 Å². The van der Waals surface area contributed by atoms with Crippen LogP contribution in [-0.4, -0.2) is 48.2 Å². The summed E-state index contributed by atoms with van der Waals surface area (Å²) < 4.78 is 33.7. The van der Waals surface area contributed by atoms with Crippen molar-refractivity contribution in [3.63, 3.8) is 0 Å². The highest BCUT2D eigenvalue weighted by molar-refractivity contribution is 5.74. The summed E-state index contributed by atoms with van der Waals surface area (Å²) in [5.74, 6) is -2.18. The van der Waals surface area contributed by atoms with Crippen molar-refractivity contribution >= 4 is 11.0 Å². The molecule has 0 spiro atoms. The molecule has 1 aromatic carbocycles. The minimum atomic E-state index is -1.46. The lowest BCUT2D eigenvalue weighted by Gasteiger charge is -2.21. The number of fused-ring (bicyclic) bond motifs is 1. The minimum Gasteiger partial charge on any atom is -0.387 e. The van der Waals surface area contributed by atoms with E-state index < -0.39 is 42.3 Å². The van der Waals surface area contributed by atoms with Crippen molar-refractivity contribution in [3.05, 3.63) is 60.2 Å². The second-order valence-electron chi connectivity index (χ2n) is 6.12. The number of hydrogen-bond acceptors (Lipinski definition) is 6. The molecule has 7 nitrogen and oxygen atoms in total. The molecule has 1 aliphatic heterocycles. The van der Waals surface area contributed by atoms with Gasteiger partial charge in [-0.1, -0.05) is 6.07 Å². The van der Waals surface area contributed by atoms with Crippen molar-refractivity contribution in [2.75, 3.05) is 0 Å². The molecule has 5 atom stereocenters. The van der Waals surface area contributed by atoms with Gasteiger partial charge in [-0.15, -0.1) is 0 Å². The lowest BCUT2D eigenvalue weighted by Crippen LogP contribution is -2.34. The summed E-state index contributed by atoms with van der Waals surface area (Å²) in [4.78, 5) is 8.02. The zero-order valence-corrected chi connectivity index (χ0v) is 13.3. The standard InChI is InChI=1S/C17H15F2N3O4/c18-10-2-1-8(5-11(10)19)12(23)15-13(24)14(25)17(26-15)22-4-3-9-6-20-7-21-16(9)22/h1-7,12-15,17,23-25H/t12-,13+,14-,15-,17-/m1/s1. The van der Waals surface area contributed by atoms with Crippen LogP contribution in [0.4, 0.5) is 8.78 Å². The van der Waals surface area contributed by atoms with E-state index in [1.54, 1.807) is 18.5 Å². The van der Waals surface area contributed by atoms with E-state index in [2.05, 4.69) is 9.97 Å². The Balaban J connectivity index is 1.64. The average molecular weight is 363 g/mol. The van der Waals surface area contributed by atoms with Crippen LogP contribution in [0.3, 0.4) is 0 Å². The van der Waals surface area contributed by atoms with Crippen molar-refractivity contribution in [2.45, 2.75) is 30.6 Å². The summed E-state index contributed by atoms with van der Waals surface area (Å²) in [5, 5.41) is 31.8. The number of ether oxygens (including phenoxy) is 1. The molecule has 136 valence electrons. The van der Waals surface area contributed by atoms with E-state index in [4.69, 9.17) is 4.74 Å². The zero-order chi connectivity index (χ0) is 18.4. The Morgan fingerprint density at radius 1 is 1.12 bits per heavy atom. The van der Waals surface area contributed by atoms with Crippen LogP contribution in [0.1, 0.15) is 17.9 Å². The monoisotopic (exact) mass is 363 g/mol. The van der Waals surface area contributed by atoms with E-state index in [1.165, 1.54) is 17.0 Å². The van der Waals surface area contributed by atoms with Crippen molar-refractivity contribution in [3.8, 4) is 0 Å². The van der Waals surface area contributed by atoms with Crippen molar-refractivity contribution in [2.24, 2.45) is 0 Å². The van der Waals surface area contributed by atoms with Gasteiger partial charge in [-0.05, 0) is 23.8 Å². The molecule has 2 aromatic heterocycles. The van der Waals surface area contributed by atoms with Crippen molar-refractivity contribution < 1.29 is 28.8 Å². The quantitative estimate of drug-likeness (QED) is 0.643. The second-order valence-corrected chi connectivity index (χ2v) is 6.12. The first-order chi connectivity index (χ1) is 12.5. The smallest absolute Gasteiger partial charge is 0.164 e. The molecule has 1 saturated heterocycles. The lowest BCUT2D eigenvalue weighted by atomic mass is 9.99. The predicted octanol–water partition coefficient (Wildman–Crippen LogP) is 1.06. The number of hydrogen-bond donors (Lipinski definition) is 3. The zero-order valence-electron chi connectivity index (χ0n) is 13.3. The maximum atomic E-state index is 13.4. The van der Waals surface area contributed by atoms with Crippen LogP contribution < -0.4 is 0 Å². The summed E-state index contributed by atoms with van der Waals surface area (Å²) >= 11 is 0. The highest BCUT2D eigenvalue weighted by Gasteiger charge is 2.47. The van der Waals surface area contributed by atoms with Gasteiger partial charge in [-0.2, -0.15) is 0 Å². The van der Waals surface area contributed by atoms with Crippen LogP contribution in [0.5, 0.6) is 0 Å². The van der Waals surface area contributed by atoms with Gasteiger partial charge in [0.05, 0.1) is 0 Å². The highest BCUT2D eigenvalue weighted by atomic mass is 19.2. The summed E-state index contributed by atoms with van der Waals surface area (Å²) in [6, 6.07) is 4.61. The van der Waals surface area contributed by atoms with E-state index in [1.807, 2.05) is 0 Å². The maximum absolute atomic E-state index is 13.4. The largest absolute Gasteiger partial charge is 0.387 e. The molecule has 0 radical (unpaired) electrons. The van der Waals surface area contributed by atoms with Gasteiger partial charge in [-0.25, -0.2) is 18.7 Å². The lowest BCUT2D eigenvalue weighted by molar-refractivity contribution is -0.0849. The van der Waals surface area contributed by atoms with Gasteiger partial charge < -0.3 is 24.6 Å². The van der Waals surface area contributed by atoms with E-state index >= 15 is 0 Å². The SMILES string of the molecule is O[C@@H]1[C@H](O)[C@@H]([C@H](O)c2ccc(F)c(F)c2)O[C@H]1n1ccc2cncnc21. The summed E-state index contributed by atoms with van der Waals surface area (Å²) in [5.41, 5.74) is 0.514. The Hall–Kier alpha value is -2.46. The third kappa shape index (κ3) is 2.65. The molecule has 4 rings (SSSR count). The molecule has 0 unspecified atom stereocenters. The molecule has 26 heavy (non-hydrogen) atoms. The van der Waals surface area contributed by atoms with Crippen LogP contribution >= 0.6 is 0 Å². The van der Waals surface area contributed by atoms with Gasteiger partial charge in [0.15, 0.2) is 17.9 Å². The summed E-state index contributed by atoms with van der Waals surface area (Å²) in [7, 11) is 0. The number of halogens is 2. The number of aliphatic hydroxyl groups is 3. The van der Waals surface area contributed by atoms with Crippen LogP contribution in [0.15, 0.2) is 43.0 Å². The molecule has 3 N–H and O–H groups in total. The molecule has 1 aliphatic rings. The molecule has 3 aromatic rings.